The molecule has 1 atom stereocenters. The van der Waals surface area contributed by atoms with E-state index in [9.17, 15) is 0 Å². The first-order valence-corrected chi connectivity index (χ1v) is 8.28. The zero-order chi connectivity index (χ0) is 14.8. The number of imidazole rings is 1. The van der Waals surface area contributed by atoms with Crippen LogP contribution in [-0.2, 0) is 6.42 Å². The summed E-state index contributed by atoms with van der Waals surface area (Å²) < 4.78 is 2.34. The Kier molecular flexibility index (Phi) is 4.08. The second-order valence-corrected chi connectivity index (χ2v) is 6.66. The molecule has 0 spiro atoms. The van der Waals surface area contributed by atoms with E-state index in [0.717, 1.165) is 24.2 Å². The third kappa shape index (κ3) is 2.61. The van der Waals surface area contributed by atoms with E-state index in [1.54, 1.807) is 0 Å². The van der Waals surface area contributed by atoms with Gasteiger partial charge in [-0.3, -0.25) is 0 Å². The Hall–Kier alpha value is -1.65. The Morgan fingerprint density at radius 3 is 2.71 bits per heavy atom. The first-order chi connectivity index (χ1) is 10.2. The molecule has 0 amide bonds. The minimum atomic E-state index is 0.178. The molecule has 1 unspecified atom stereocenters. The number of rotatable bonds is 5. The van der Waals surface area contributed by atoms with E-state index in [1.165, 1.54) is 15.3 Å². The summed E-state index contributed by atoms with van der Waals surface area (Å²) in [5, 5.41) is 0. The van der Waals surface area contributed by atoms with Crippen molar-refractivity contribution in [3.05, 3.63) is 52.0 Å². The van der Waals surface area contributed by atoms with Crippen molar-refractivity contribution in [2.45, 2.75) is 32.7 Å². The molecule has 0 aliphatic carbocycles. The number of nitrogens with two attached hydrogens (primary N) is 1. The Balaban J connectivity index is 2.18. The fraction of sp³-hybridized carbons (Fsp3) is 0.353. The monoisotopic (exact) mass is 299 g/mol. The van der Waals surface area contributed by atoms with E-state index in [1.807, 2.05) is 17.4 Å². The molecule has 4 heteroatoms. The fourth-order valence-electron chi connectivity index (χ4n) is 2.82. The van der Waals surface area contributed by atoms with Crippen LogP contribution in [0.1, 0.15) is 35.0 Å². The number of nitrogens with zero attached hydrogens (tertiary/aromatic N) is 2. The standard InChI is InChI=1S/C17H21N3S/c1-3-6-17-19-13-7-4-5-8-14(13)20(17)15(11-18)16-10-9-12(2)21-16/h4-5,7-10,15H,3,6,11,18H2,1-2H3. The molecule has 2 N–H and O–H groups in total. The van der Waals surface area contributed by atoms with Gasteiger partial charge in [-0.15, -0.1) is 11.3 Å². The predicted molar refractivity (Wildman–Crippen MR) is 90.0 cm³/mol. The Bertz CT molecular complexity index is 741. The van der Waals surface area contributed by atoms with Gasteiger partial charge >= 0.3 is 0 Å². The maximum Gasteiger partial charge on any atom is 0.110 e. The number of hydrogen-bond donors (Lipinski definition) is 1. The Morgan fingerprint density at radius 1 is 1.24 bits per heavy atom. The normalized spacial score (nSPS) is 12.9. The first-order valence-electron chi connectivity index (χ1n) is 7.46. The van der Waals surface area contributed by atoms with Crippen molar-refractivity contribution >= 4 is 22.4 Å². The van der Waals surface area contributed by atoms with Crippen molar-refractivity contribution in [3.8, 4) is 0 Å². The zero-order valence-corrected chi connectivity index (χ0v) is 13.4. The number of para-hydroxylation sites is 2. The van der Waals surface area contributed by atoms with Crippen LogP contribution in [0.3, 0.4) is 0 Å². The first kappa shape index (κ1) is 14.3. The van der Waals surface area contributed by atoms with Gasteiger partial charge in [-0.1, -0.05) is 19.1 Å². The second kappa shape index (κ2) is 6.00. The summed E-state index contributed by atoms with van der Waals surface area (Å²) >= 11 is 1.83. The van der Waals surface area contributed by atoms with Gasteiger partial charge in [-0.2, -0.15) is 0 Å². The molecule has 21 heavy (non-hydrogen) atoms. The molecule has 1 aromatic carbocycles. The molecule has 0 aliphatic heterocycles. The smallest absolute Gasteiger partial charge is 0.110 e. The van der Waals surface area contributed by atoms with Crippen LogP contribution in [0.25, 0.3) is 11.0 Å². The SMILES string of the molecule is CCCc1nc2ccccc2n1C(CN)c1ccc(C)s1. The molecule has 0 aliphatic rings. The van der Waals surface area contributed by atoms with Crippen molar-refractivity contribution in [2.24, 2.45) is 5.73 Å². The minimum absolute atomic E-state index is 0.178. The van der Waals surface area contributed by atoms with E-state index >= 15 is 0 Å². The number of aromatic nitrogens is 2. The quantitative estimate of drug-likeness (QED) is 0.776. The average molecular weight is 299 g/mol. The highest BCUT2D eigenvalue weighted by Gasteiger charge is 2.20. The van der Waals surface area contributed by atoms with Crippen LogP contribution in [0.4, 0.5) is 0 Å². The molecule has 3 aromatic rings. The molecular weight excluding hydrogens is 278 g/mol. The lowest BCUT2D eigenvalue weighted by molar-refractivity contribution is 0.585. The average Bonchev–Trinajstić information content (AvgIpc) is 3.06. The van der Waals surface area contributed by atoms with Crippen LogP contribution in [0.5, 0.6) is 0 Å². The molecule has 110 valence electrons. The number of hydrogen-bond acceptors (Lipinski definition) is 3. The third-order valence-electron chi connectivity index (χ3n) is 3.77. The summed E-state index contributed by atoms with van der Waals surface area (Å²) in [7, 11) is 0. The lowest BCUT2D eigenvalue weighted by atomic mass is 10.2. The fourth-order valence-corrected chi connectivity index (χ4v) is 3.81. The molecule has 3 rings (SSSR count). The molecule has 0 fully saturated rings. The van der Waals surface area contributed by atoms with Gasteiger partial charge in [0.1, 0.15) is 5.82 Å². The maximum absolute atomic E-state index is 6.12. The molecule has 2 aromatic heterocycles. The van der Waals surface area contributed by atoms with Crippen molar-refractivity contribution < 1.29 is 0 Å². The molecule has 0 radical (unpaired) electrons. The number of thiophene rings is 1. The summed E-state index contributed by atoms with van der Waals surface area (Å²) in [6.45, 7) is 4.92. The van der Waals surface area contributed by atoms with Gasteiger partial charge in [0.25, 0.3) is 0 Å². The molecule has 0 saturated heterocycles. The van der Waals surface area contributed by atoms with E-state index in [2.05, 4.69) is 48.7 Å². The van der Waals surface area contributed by atoms with E-state index in [4.69, 9.17) is 10.7 Å². The van der Waals surface area contributed by atoms with Crippen molar-refractivity contribution in [2.75, 3.05) is 6.54 Å². The molecule has 2 heterocycles. The summed E-state index contributed by atoms with van der Waals surface area (Å²) in [6.07, 6.45) is 2.07. The maximum atomic E-state index is 6.12. The van der Waals surface area contributed by atoms with Crippen molar-refractivity contribution in [1.29, 1.82) is 0 Å². The number of aryl methyl sites for hydroxylation is 2. The van der Waals surface area contributed by atoms with E-state index in [-0.39, 0.29) is 6.04 Å². The van der Waals surface area contributed by atoms with Crippen LogP contribution < -0.4 is 5.73 Å². The lowest BCUT2D eigenvalue weighted by Crippen LogP contribution is -2.21. The molecular formula is C17H21N3S. The predicted octanol–water partition coefficient (Wildman–Crippen LogP) is 3.91. The van der Waals surface area contributed by atoms with Gasteiger partial charge in [-0.05, 0) is 37.6 Å². The van der Waals surface area contributed by atoms with Gasteiger partial charge in [-0.25, -0.2) is 4.98 Å². The van der Waals surface area contributed by atoms with Gasteiger partial charge < -0.3 is 10.3 Å². The number of fused-ring (bicyclic) bond motifs is 1. The highest BCUT2D eigenvalue weighted by Crippen LogP contribution is 2.30. The molecule has 3 nitrogen and oxygen atoms in total. The largest absolute Gasteiger partial charge is 0.328 e. The van der Waals surface area contributed by atoms with E-state index < -0.39 is 0 Å². The van der Waals surface area contributed by atoms with Crippen molar-refractivity contribution in [1.82, 2.24) is 9.55 Å². The van der Waals surface area contributed by atoms with Gasteiger partial charge in [0, 0.05) is 22.7 Å². The highest BCUT2D eigenvalue weighted by molar-refractivity contribution is 7.12. The van der Waals surface area contributed by atoms with Gasteiger partial charge in [0.15, 0.2) is 0 Å². The Morgan fingerprint density at radius 2 is 2.05 bits per heavy atom. The van der Waals surface area contributed by atoms with Crippen LogP contribution in [0.2, 0.25) is 0 Å². The molecule has 0 bridgehead atoms. The van der Waals surface area contributed by atoms with Crippen LogP contribution in [0.15, 0.2) is 36.4 Å². The van der Waals surface area contributed by atoms with Crippen LogP contribution >= 0.6 is 11.3 Å². The summed E-state index contributed by atoms with van der Waals surface area (Å²) in [4.78, 5) is 7.45. The van der Waals surface area contributed by atoms with Crippen LogP contribution in [0, 0.1) is 6.92 Å². The summed E-state index contributed by atoms with van der Waals surface area (Å²) in [5.41, 5.74) is 8.36. The molecule has 0 saturated carbocycles. The summed E-state index contributed by atoms with van der Waals surface area (Å²) in [6, 6.07) is 12.9. The van der Waals surface area contributed by atoms with Crippen LogP contribution in [-0.4, -0.2) is 16.1 Å². The Labute approximate surface area is 129 Å². The second-order valence-electron chi connectivity index (χ2n) is 5.34. The topological polar surface area (TPSA) is 43.8 Å². The van der Waals surface area contributed by atoms with Gasteiger partial charge in [0.2, 0.25) is 0 Å². The third-order valence-corrected chi connectivity index (χ3v) is 4.87. The van der Waals surface area contributed by atoms with E-state index in [0.29, 0.717) is 6.54 Å². The summed E-state index contributed by atoms with van der Waals surface area (Å²) in [5.74, 6) is 1.14. The highest BCUT2D eigenvalue weighted by atomic mass is 32.1. The number of benzene rings is 1. The van der Waals surface area contributed by atoms with Gasteiger partial charge in [0.05, 0.1) is 17.1 Å². The zero-order valence-electron chi connectivity index (χ0n) is 12.5. The lowest BCUT2D eigenvalue weighted by Gasteiger charge is -2.19. The minimum Gasteiger partial charge on any atom is -0.328 e. The van der Waals surface area contributed by atoms with Crippen molar-refractivity contribution in [3.63, 3.8) is 0 Å².